The van der Waals surface area contributed by atoms with Gasteiger partial charge in [0.1, 0.15) is 11.7 Å². The summed E-state index contributed by atoms with van der Waals surface area (Å²) in [5.41, 5.74) is 7.49. The Morgan fingerprint density at radius 2 is 1.89 bits per heavy atom. The number of aromatic nitrogens is 2. The number of carbonyl (C=O) groups excluding carboxylic acids is 2. The van der Waals surface area contributed by atoms with Crippen LogP contribution in [0.2, 0.25) is 5.02 Å². The molecule has 0 spiro atoms. The maximum Gasteiger partial charge on any atom is 0.322 e. The van der Waals surface area contributed by atoms with Gasteiger partial charge in [0.05, 0.1) is 9.49 Å². The quantitative estimate of drug-likeness (QED) is 0.417. The molecule has 1 aromatic carbocycles. The van der Waals surface area contributed by atoms with E-state index in [1.54, 1.807) is 31.3 Å². The third-order valence-corrected chi connectivity index (χ3v) is 11.0. The van der Waals surface area contributed by atoms with E-state index >= 15 is 0 Å². The lowest BCUT2D eigenvalue weighted by Gasteiger charge is -2.36. The molecular weight excluding hydrogens is 522 g/mol. The van der Waals surface area contributed by atoms with Crippen LogP contribution in [0.4, 0.5) is 0 Å². The summed E-state index contributed by atoms with van der Waals surface area (Å²) in [6.45, 7) is 3.02. The molecule has 13 heteroatoms. The molecule has 4 N–H and O–H groups in total. The van der Waals surface area contributed by atoms with Crippen molar-refractivity contribution in [1.82, 2.24) is 20.0 Å². The molecular formula is C24H30ClN5O6S. The van der Waals surface area contributed by atoms with Crippen LogP contribution in [-0.4, -0.2) is 74.6 Å². The first-order valence-electron chi connectivity index (χ1n) is 11.8. The number of carboxylic acids is 1. The molecule has 2 aliphatic rings. The van der Waals surface area contributed by atoms with E-state index < -0.39 is 43.2 Å². The number of carbonyl (C=O) groups is 3. The van der Waals surface area contributed by atoms with Gasteiger partial charge >= 0.3 is 5.97 Å². The van der Waals surface area contributed by atoms with Gasteiger partial charge in [-0.15, -0.1) is 0 Å². The van der Waals surface area contributed by atoms with E-state index in [2.05, 4.69) is 10.4 Å². The zero-order chi connectivity index (χ0) is 27.3. The maximum absolute atomic E-state index is 13.5. The van der Waals surface area contributed by atoms with Gasteiger partial charge in [-0.05, 0) is 50.8 Å². The van der Waals surface area contributed by atoms with Crippen molar-refractivity contribution in [3.63, 3.8) is 0 Å². The minimum atomic E-state index is -4.02. The highest BCUT2D eigenvalue weighted by molar-refractivity contribution is 7.94. The molecule has 1 aromatic heterocycles. The Morgan fingerprint density at radius 1 is 1.27 bits per heavy atom. The smallest absolute Gasteiger partial charge is 0.322 e. The second kappa shape index (κ2) is 9.41. The van der Waals surface area contributed by atoms with Crippen LogP contribution < -0.4 is 11.1 Å². The molecule has 4 rings (SSSR count). The van der Waals surface area contributed by atoms with Crippen molar-refractivity contribution >= 4 is 39.2 Å². The number of rotatable bonds is 9. The Hall–Kier alpha value is -2.96. The number of aliphatic carboxylic acids is 1. The predicted octanol–water partition coefficient (Wildman–Crippen LogP) is 1.14. The highest BCUT2D eigenvalue weighted by atomic mass is 35.5. The molecule has 1 saturated carbocycles. The average molecular weight is 552 g/mol. The van der Waals surface area contributed by atoms with Crippen molar-refractivity contribution in [1.29, 1.82) is 0 Å². The molecule has 0 bridgehead atoms. The molecule has 0 saturated heterocycles. The molecule has 1 aliphatic heterocycles. The van der Waals surface area contributed by atoms with Crippen molar-refractivity contribution in [2.24, 2.45) is 12.8 Å². The Balaban J connectivity index is 1.52. The summed E-state index contributed by atoms with van der Waals surface area (Å²) in [6, 6.07) is 5.43. The number of benzene rings is 1. The van der Waals surface area contributed by atoms with Gasteiger partial charge < -0.3 is 21.1 Å². The van der Waals surface area contributed by atoms with Crippen LogP contribution in [0, 0.1) is 0 Å². The number of aryl methyl sites for hydroxylation is 1. The molecule has 2 amide bonds. The Labute approximate surface area is 219 Å². The maximum atomic E-state index is 13.5. The number of nitrogens with two attached hydrogens (primary N) is 1. The average Bonchev–Trinajstić information content (AvgIpc) is 3.56. The molecule has 1 fully saturated rings. The van der Waals surface area contributed by atoms with Gasteiger partial charge in [-0.1, -0.05) is 23.7 Å². The topological polar surface area (TPSA) is 165 Å². The summed E-state index contributed by atoms with van der Waals surface area (Å²) in [6.07, 6.45) is 0.948. The number of amides is 2. The van der Waals surface area contributed by atoms with Crippen LogP contribution in [-0.2, 0) is 34.6 Å². The summed E-state index contributed by atoms with van der Waals surface area (Å²) in [5.74, 6) is -2.24. The molecule has 0 unspecified atom stereocenters. The zero-order valence-corrected chi connectivity index (χ0v) is 22.4. The van der Waals surface area contributed by atoms with Crippen LogP contribution in [0.25, 0.3) is 0 Å². The van der Waals surface area contributed by atoms with Gasteiger partial charge in [-0.2, -0.15) is 5.10 Å². The fourth-order valence-corrected chi connectivity index (χ4v) is 7.44. The number of carboxylic acid groups (broad SMARTS) is 1. The van der Waals surface area contributed by atoms with E-state index in [-0.39, 0.29) is 31.0 Å². The first-order chi connectivity index (χ1) is 17.2. The molecule has 200 valence electrons. The lowest BCUT2D eigenvalue weighted by Crippen LogP contribution is -2.59. The fourth-order valence-electron chi connectivity index (χ4n) is 4.79. The lowest BCUT2D eigenvalue weighted by molar-refractivity contribution is -0.139. The number of hydrogen-bond donors (Lipinski definition) is 3. The fraction of sp³-hybridized carbons (Fsp3) is 0.500. The third-order valence-electron chi connectivity index (χ3n) is 7.41. The summed E-state index contributed by atoms with van der Waals surface area (Å²) in [4.78, 5) is 39.2. The first kappa shape index (κ1) is 27.1. The molecule has 0 radical (unpaired) electrons. The second-order valence-corrected chi connectivity index (χ2v) is 13.6. The molecule has 1 atom stereocenters. The van der Waals surface area contributed by atoms with Crippen molar-refractivity contribution in [3.05, 3.63) is 51.8 Å². The van der Waals surface area contributed by atoms with Crippen LogP contribution >= 0.6 is 11.6 Å². The monoisotopic (exact) mass is 551 g/mol. The third kappa shape index (κ3) is 4.62. The molecule has 1 aliphatic carbocycles. The first-order valence-corrected chi connectivity index (χ1v) is 13.7. The van der Waals surface area contributed by atoms with E-state index in [1.165, 1.54) is 23.4 Å². The van der Waals surface area contributed by atoms with Crippen LogP contribution in [0.15, 0.2) is 24.3 Å². The molecule has 11 nitrogen and oxygen atoms in total. The van der Waals surface area contributed by atoms with Crippen molar-refractivity contribution < 1.29 is 27.9 Å². The standard InChI is InChI=1S/C24H30ClN5O6S/c1-23(2,19(26)22(33)34)37(35,36)24(9-10-24)13-30-11-8-16-17(28-29(3)18(16)21(30)32)20(31)27-12-14-4-6-15(25)7-5-14/h4-7,19H,8-13,26H2,1-3H3,(H,27,31)(H,33,34)/t19-/m1/s1. The molecule has 37 heavy (non-hydrogen) atoms. The largest absolute Gasteiger partial charge is 0.480 e. The van der Waals surface area contributed by atoms with Crippen molar-refractivity contribution in [3.8, 4) is 0 Å². The zero-order valence-electron chi connectivity index (χ0n) is 20.8. The molecule has 2 heterocycles. The number of nitrogens with one attached hydrogen (secondary N) is 1. The number of nitrogens with zero attached hydrogens (tertiary/aromatic N) is 3. The van der Waals surface area contributed by atoms with E-state index in [0.29, 0.717) is 29.8 Å². The number of halogens is 1. The van der Waals surface area contributed by atoms with Crippen LogP contribution in [0.5, 0.6) is 0 Å². The van der Waals surface area contributed by atoms with E-state index in [4.69, 9.17) is 17.3 Å². The van der Waals surface area contributed by atoms with Crippen molar-refractivity contribution in [2.45, 2.75) is 55.2 Å². The van der Waals surface area contributed by atoms with E-state index in [1.807, 2.05) is 0 Å². The normalized spacial score (nSPS) is 17.8. The summed E-state index contributed by atoms with van der Waals surface area (Å²) < 4.78 is 25.4. The van der Waals surface area contributed by atoms with Gasteiger partial charge in [0, 0.05) is 37.3 Å². The van der Waals surface area contributed by atoms with Gasteiger partial charge in [0.2, 0.25) is 0 Å². The summed E-state index contributed by atoms with van der Waals surface area (Å²) in [7, 11) is -2.46. The second-order valence-electron chi connectivity index (χ2n) is 10.2. The highest BCUT2D eigenvalue weighted by Gasteiger charge is 2.63. The number of sulfone groups is 1. The van der Waals surface area contributed by atoms with Crippen molar-refractivity contribution in [2.75, 3.05) is 13.1 Å². The van der Waals surface area contributed by atoms with Gasteiger partial charge in [0.15, 0.2) is 15.5 Å². The number of hydrogen-bond acceptors (Lipinski definition) is 7. The molecule has 2 aromatic rings. The minimum Gasteiger partial charge on any atom is -0.480 e. The predicted molar refractivity (Wildman–Crippen MR) is 136 cm³/mol. The summed E-state index contributed by atoms with van der Waals surface area (Å²) >= 11 is 5.90. The Bertz CT molecular complexity index is 1360. The Kier molecular flexibility index (Phi) is 6.89. The van der Waals surface area contributed by atoms with Gasteiger partial charge in [-0.3, -0.25) is 19.1 Å². The Morgan fingerprint density at radius 3 is 2.46 bits per heavy atom. The van der Waals surface area contributed by atoms with Gasteiger partial charge in [0.25, 0.3) is 11.8 Å². The SMILES string of the molecule is Cn1nc(C(=O)NCc2ccc(Cl)cc2)c2c1C(=O)N(CC1(S(=O)(=O)C(C)(C)[C@H](N)C(=O)O)CC1)CC2. The number of fused-ring (bicyclic) bond motifs is 1. The van der Waals surface area contributed by atoms with Gasteiger partial charge in [-0.25, -0.2) is 8.42 Å². The minimum absolute atomic E-state index is 0.0767. The van der Waals surface area contributed by atoms with E-state index in [0.717, 1.165) is 5.56 Å². The summed E-state index contributed by atoms with van der Waals surface area (Å²) in [5, 5.41) is 17.0. The van der Waals surface area contributed by atoms with Crippen LogP contribution in [0.1, 0.15) is 58.8 Å². The highest BCUT2D eigenvalue weighted by Crippen LogP contribution is 2.49. The van der Waals surface area contributed by atoms with E-state index in [9.17, 15) is 27.9 Å². The van der Waals surface area contributed by atoms with Crippen LogP contribution in [0.3, 0.4) is 0 Å². The lowest BCUT2D eigenvalue weighted by atomic mass is 10.0.